The average molecular weight is 571 g/mol. The van der Waals surface area contributed by atoms with Crippen LogP contribution in [0, 0.1) is 0 Å². The molecule has 1 atom stereocenters. The van der Waals surface area contributed by atoms with E-state index in [4.69, 9.17) is 9.47 Å². The van der Waals surface area contributed by atoms with Gasteiger partial charge in [-0.2, -0.15) is 0 Å². The van der Waals surface area contributed by atoms with Gasteiger partial charge in [0.2, 0.25) is 5.91 Å². The van der Waals surface area contributed by atoms with E-state index in [2.05, 4.69) is 48.4 Å². The highest BCUT2D eigenvalue weighted by Gasteiger charge is 2.26. The molecule has 1 N–H and O–H groups in total. The first-order valence-corrected chi connectivity index (χ1v) is 15.2. The van der Waals surface area contributed by atoms with Gasteiger partial charge in [-0.25, -0.2) is 4.79 Å². The van der Waals surface area contributed by atoms with Crippen LogP contribution in [0.5, 0.6) is 5.75 Å². The Morgan fingerprint density at radius 1 is 1.10 bits per heavy atom. The lowest BCUT2D eigenvalue weighted by atomic mass is 9.87. The SMILES string of the molecule is COC(=O)c1c(NC(=O)CSc2nnc(C(C)Oc3ccc(C(C)(C)C)cc3)n2C)sc2c1CCCCCC2. The van der Waals surface area contributed by atoms with E-state index in [9.17, 15) is 9.59 Å². The van der Waals surface area contributed by atoms with Gasteiger partial charge >= 0.3 is 5.97 Å². The smallest absolute Gasteiger partial charge is 0.341 e. The quantitative estimate of drug-likeness (QED) is 0.244. The molecule has 0 bridgehead atoms. The van der Waals surface area contributed by atoms with E-state index in [-0.39, 0.29) is 23.2 Å². The van der Waals surface area contributed by atoms with Crippen LogP contribution in [0.4, 0.5) is 5.00 Å². The Morgan fingerprint density at radius 3 is 2.46 bits per heavy atom. The molecule has 1 aliphatic rings. The molecule has 2 heterocycles. The lowest BCUT2D eigenvalue weighted by molar-refractivity contribution is -0.113. The van der Waals surface area contributed by atoms with Crippen molar-refractivity contribution in [1.82, 2.24) is 14.8 Å². The van der Waals surface area contributed by atoms with Gasteiger partial charge in [0.1, 0.15) is 10.8 Å². The molecular weight excluding hydrogens is 532 g/mol. The van der Waals surface area contributed by atoms with Crippen molar-refractivity contribution in [3.63, 3.8) is 0 Å². The van der Waals surface area contributed by atoms with Crippen LogP contribution in [-0.4, -0.2) is 39.5 Å². The van der Waals surface area contributed by atoms with Gasteiger partial charge in [-0.1, -0.05) is 57.5 Å². The summed E-state index contributed by atoms with van der Waals surface area (Å²) in [5, 5.41) is 12.8. The van der Waals surface area contributed by atoms with Crippen LogP contribution in [0.15, 0.2) is 29.4 Å². The first-order valence-electron chi connectivity index (χ1n) is 13.4. The zero-order valence-electron chi connectivity index (χ0n) is 23.6. The van der Waals surface area contributed by atoms with Crippen LogP contribution in [-0.2, 0) is 34.8 Å². The number of benzene rings is 1. The normalized spacial score (nSPS) is 14.6. The maximum Gasteiger partial charge on any atom is 0.341 e. The van der Waals surface area contributed by atoms with Crippen molar-refractivity contribution in [3.8, 4) is 5.75 Å². The van der Waals surface area contributed by atoms with Crippen molar-refractivity contribution in [2.24, 2.45) is 7.05 Å². The number of rotatable bonds is 8. The van der Waals surface area contributed by atoms with Crippen LogP contribution in [0.3, 0.4) is 0 Å². The highest BCUT2D eigenvalue weighted by molar-refractivity contribution is 7.99. The summed E-state index contributed by atoms with van der Waals surface area (Å²) < 4.78 is 13.0. The summed E-state index contributed by atoms with van der Waals surface area (Å²) in [6, 6.07) is 8.11. The molecule has 10 heteroatoms. The van der Waals surface area contributed by atoms with E-state index in [1.165, 1.54) is 47.1 Å². The van der Waals surface area contributed by atoms with Gasteiger partial charge in [0.25, 0.3) is 0 Å². The van der Waals surface area contributed by atoms with Crippen molar-refractivity contribution >= 4 is 40.0 Å². The Kier molecular flexibility index (Phi) is 9.38. The maximum atomic E-state index is 12.9. The van der Waals surface area contributed by atoms with E-state index in [1.54, 1.807) is 0 Å². The fourth-order valence-electron chi connectivity index (χ4n) is 4.71. The van der Waals surface area contributed by atoms with Crippen LogP contribution in [0.25, 0.3) is 0 Å². The molecule has 2 aromatic heterocycles. The molecule has 0 fully saturated rings. The Labute approximate surface area is 238 Å². The molecule has 1 aromatic carbocycles. The number of methoxy groups -OCH3 is 1. The summed E-state index contributed by atoms with van der Waals surface area (Å²) in [5.41, 5.74) is 2.87. The number of thiophene rings is 1. The number of amides is 1. The first-order chi connectivity index (χ1) is 18.6. The number of fused-ring (bicyclic) bond motifs is 1. The Morgan fingerprint density at radius 2 is 1.79 bits per heavy atom. The van der Waals surface area contributed by atoms with Crippen molar-refractivity contribution in [3.05, 3.63) is 51.7 Å². The van der Waals surface area contributed by atoms with E-state index in [0.717, 1.165) is 43.4 Å². The predicted octanol–water partition coefficient (Wildman–Crippen LogP) is 6.49. The minimum atomic E-state index is -0.393. The largest absolute Gasteiger partial charge is 0.483 e. The van der Waals surface area contributed by atoms with E-state index >= 15 is 0 Å². The number of carbonyl (C=O) groups excluding carboxylic acids is 2. The number of anilines is 1. The summed E-state index contributed by atoms with van der Waals surface area (Å²) in [6.07, 6.45) is 5.92. The number of hydrogen-bond donors (Lipinski definition) is 1. The molecule has 0 radical (unpaired) electrons. The number of esters is 1. The van der Waals surface area contributed by atoms with Crippen LogP contribution in [0.1, 0.15) is 91.7 Å². The molecule has 0 saturated heterocycles. The van der Waals surface area contributed by atoms with E-state index in [1.807, 2.05) is 30.7 Å². The monoisotopic (exact) mass is 570 g/mol. The number of aryl methyl sites for hydroxylation is 1. The minimum absolute atomic E-state index is 0.0780. The molecule has 0 aliphatic heterocycles. The second-order valence-electron chi connectivity index (χ2n) is 10.9. The molecule has 1 aliphatic carbocycles. The summed E-state index contributed by atoms with van der Waals surface area (Å²) >= 11 is 2.80. The van der Waals surface area contributed by atoms with E-state index in [0.29, 0.717) is 21.5 Å². The number of carbonyl (C=O) groups is 2. The standard InChI is InChI=1S/C29H38N4O4S2/c1-18(37-20-15-13-19(14-16-20)29(2,3)4)25-31-32-28(33(25)5)38-17-23(34)30-26-24(27(35)36-6)21-11-9-7-8-10-12-22(21)39-26/h13-16,18H,7-12,17H2,1-6H3,(H,30,34). The van der Waals surface area contributed by atoms with Crippen molar-refractivity contribution in [1.29, 1.82) is 0 Å². The third-order valence-electron chi connectivity index (χ3n) is 6.91. The topological polar surface area (TPSA) is 95.3 Å². The molecule has 3 aromatic rings. The van der Waals surface area contributed by atoms with Gasteiger partial charge in [-0.15, -0.1) is 21.5 Å². The van der Waals surface area contributed by atoms with Crippen molar-refractivity contribution < 1.29 is 19.1 Å². The lowest BCUT2D eigenvalue weighted by Gasteiger charge is -2.20. The number of nitrogens with zero attached hydrogens (tertiary/aromatic N) is 3. The summed E-state index contributed by atoms with van der Waals surface area (Å²) in [4.78, 5) is 26.7. The first kappa shape index (κ1) is 29.1. The fraction of sp³-hybridized carbons (Fsp3) is 0.517. The minimum Gasteiger partial charge on any atom is -0.483 e. The molecule has 39 heavy (non-hydrogen) atoms. The highest BCUT2D eigenvalue weighted by atomic mass is 32.2. The van der Waals surface area contributed by atoms with Gasteiger partial charge < -0.3 is 19.4 Å². The zero-order chi connectivity index (χ0) is 28.2. The fourth-order valence-corrected chi connectivity index (χ4v) is 6.73. The number of thioether (sulfide) groups is 1. The summed E-state index contributed by atoms with van der Waals surface area (Å²) in [7, 11) is 3.25. The second kappa shape index (κ2) is 12.6. The maximum absolute atomic E-state index is 12.9. The molecule has 210 valence electrons. The van der Waals surface area contributed by atoms with Gasteiger partial charge in [0.05, 0.1) is 18.4 Å². The predicted molar refractivity (Wildman–Crippen MR) is 156 cm³/mol. The Bertz CT molecular complexity index is 1310. The molecule has 1 amide bonds. The third kappa shape index (κ3) is 7.03. The number of aromatic nitrogens is 3. The van der Waals surface area contributed by atoms with Crippen molar-refractivity contribution in [2.45, 2.75) is 82.9 Å². The molecular formula is C29H38N4O4S2. The third-order valence-corrected chi connectivity index (χ3v) is 9.14. The number of hydrogen-bond acceptors (Lipinski definition) is 8. The molecule has 0 spiro atoms. The highest BCUT2D eigenvalue weighted by Crippen LogP contribution is 2.38. The Hall–Kier alpha value is -2.85. The van der Waals surface area contributed by atoms with Crippen LogP contribution in [0.2, 0.25) is 0 Å². The van der Waals surface area contributed by atoms with Crippen LogP contribution >= 0.6 is 23.1 Å². The summed E-state index contributed by atoms with van der Waals surface area (Å²) in [6.45, 7) is 8.47. The molecule has 4 rings (SSSR count). The van der Waals surface area contributed by atoms with Gasteiger partial charge in [0.15, 0.2) is 17.1 Å². The zero-order valence-corrected chi connectivity index (χ0v) is 25.3. The lowest BCUT2D eigenvalue weighted by Crippen LogP contribution is -2.17. The molecule has 8 nitrogen and oxygen atoms in total. The average Bonchev–Trinajstić information content (AvgIpc) is 3.41. The molecule has 1 unspecified atom stereocenters. The van der Waals surface area contributed by atoms with Gasteiger partial charge in [0, 0.05) is 11.9 Å². The second-order valence-corrected chi connectivity index (χ2v) is 12.9. The number of ether oxygens (including phenoxy) is 2. The van der Waals surface area contributed by atoms with Gasteiger partial charge in [-0.3, -0.25) is 4.79 Å². The van der Waals surface area contributed by atoms with Crippen LogP contribution < -0.4 is 10.1 Å². The van der Waals surface area contributed by atoms with E-state index < -0.39 is 5.97 Å². The van der Waals surface area contributed by atoms with Gasteiger partial charge in [-0.05, 0) is 61.3 Å². The molecule has 0 saturated carbocycles. The Balaban J connectivity index is 1.39. The number of nitrogens with one attached hydrogen (secondary N) is 1. The van der Waals surface area contributed by atoms with Crippen molar-refractivity contribution in [2.75, 3.05) is 18.2 Å². The summed E-state index contributed by atoms with van der Waals surface area (Å²) in [5.74, 6) is 0.976.